The molecule has 0 radical (unpaired) electrons. The Morgan fingerprint density at radius 3 is 1.59 bits per heavy atom. The summed E-state index contributed by atoms with van der Waals surface area (Å²) in [5.41, 5.74) is 6.18. The zero-order chi connectivity index (χ0) is 15.4. The lowest BCUT2D eigenvalue weighted by Crippen LogP contribution is -1.95. The summed E-state index contributed by atoms with van der Waals surface area (Å²) >= 11 is 0. The molecule has 0 amide bonds. The first-order valence-electron chi connectivity index (χ1n) is 7.56. The minimum atomic E-state index is 0.601. The third-order valence-electron chi connectivity index (χ3n) is 3.77. The summed E-state index contributed by atoms with van der Waals surface area (Å²) in [6, 6.07) is 25.3. The number of hydrogen-bond donors (Lipinski definition) is 0. The molecule has 0 heterocycles. The van der Waals surface area contributed by atoms with Crippen molar-refractivity contribution in [3.8, 4) is 16.9 Å². The van der Waals surface area contributed by atoms with Gasteiger partial charge in [-0.1, -0.05) is 71.8 Å². The summed E-state index contributed by atoms with van der Waals surface area (Å²) in [5, 5.41) is 0. The van der Waals surface area contributed by atoms with E-state index in [1.54, 1.807) is 0 Å². The summed E-state index contributed by atoms with van der Waals surface area (Å²) in [6.07, 6.45) is 0. The largest absolute Gasteiger partial charge is 0.489 e. The maximum absolute atomic E-state index is 5.84. The number of ether oxygens (including phenoxy) is 1. The van der Waals surface area contributed by atoms with Crippen LogP contribution in [0.25, 0.3) is 11.1 Å². The monoisotopic (exact) mass is 288 g/mol. The van der Waals surface area contributed by atoms with Crippen LogP contribution in [0.3, 0.4) is 0 Å². The first-order valence-corrected chi connectivity index (χ1v) is 7.56. The van der Waals surface area contributed by atoms with Crippen LogP contribution >= 0.6 is 0 Å². The molecule has 0 fully saturated rings. The molecule has 0 aromatic heterocycles. The predicted molar refractivity (Wildman–Crippen MR) is 92.1 cm³/mol. The highest BCUT2D eigenvalue weighted by atomic mass is 16.5. The Balaban J connectivity index is 1.66. The van der Waals surface area contributed by atoms with Gasteiger partial charge in [-0.3, -0.25) is 0 Å². The van der Waals surface area contributed by atoms with Crippen LogP contribution < -0.4 is 4.74 Å². The van der Waals surface area contributed by atoms with E-state index in [9.17, 15) is 0 Å². The Morgan fingerprint density at radius 2 is 1.05 bits per heavy atom. The maximum atomic E-state index is 5.84. The van der Waals surface area contributed by atoms with Crippen molar-refractivity contribution in [1.82, 2.24) is 0 Å². The minimum absolute atomic E-state index is 0.601. The predicted octanol–water partition coefficient (Wildman–Crippen LogP) is 5.55. The molecule has 3 aromatic carbocycles. The molecule has 3 rings (SSSR count). The number of benzene rings is 3. The smallest absolute Gasteiger partial charge is 0.119 e. The lowest BCUT2D eigenvalue weighted by Gasteiger charge is -2.08. The lowest BCUT2D eigenvalue weighted by atomic mass is 10.0. The van der Waals surface area contributed by atoms with Gasteiger partial charge in [0.2, 0.25) is 0 Å². The third kappa shape index (κ3) is 3.56. The molecule has 22 heavy (non-hydrogen) atoms. The summed E-state index contributed by atoms with van der Waals surface area (Å²) < 4.78 is 5.84. The van der Waals surface area contributed by atoms with Crippen LogP contribution in [0.1, 0.15) is 16.7 Å². The third-order valence-corrected chi connectivity index (χ3v) is 3.77. The molecular weight excluding hydrogens is 268 g/mol. The van der Waals surface area contributed by atoms with Crippen LogP contribution in [0, 0.1) is 13.8 Å². The first-order chi connectivity index (χ1) is 10.7. The molecule has 0 N–H and O–H groups in total. The zero-order valence-corrected chi connectivity index (χ0v) is 13.0. The fraction of sp³-hybridized carbons (Fsp3) is 0.143. The molecule has 3 aromatic rings. The van der Waals surface area contributed by atoms with Gasteiger partial charge in [0, 0.05) is 0 Å². The second-order valence-corrected chi connectivity index (χ2v) is 5.66. The van der Waals surface area contributed by atoms with Gasteiger partial charge >= 0.3 is 0 Å². The van der Waals surface area contributed by atoms with Gasteiger partial charge in [-0.15, -0.1) is 0 Å². The van der Waals surface area contributed by atoms with E-state index in [-0.39, 0.29) is 0 Å². The van der Waals surface area contributed by atoms with Gasteiger partial charge in [-0.2, -0.15) is 0 Å². The van der Waals surface area contributed by atoms with Crippen LogP contribution in [0.4, 0.5) is 0 Å². The van der Waals surface area contributed by atoms with E-state index in [0.29, 0.717) is 6.61 Å². The quantitative estimate of drug-likeness (QED) is 0.611. The van der Waals surface area contributed by atoms with Crippen molar-refractivity contribution >= 4 is 0 Å². The molecule has 1 heteroatoms. The lowest BCUT2D eigenvalue weighted by molar-refractivity contribution is 0.306. The molecule has 0 saturated heterocycles. The maximum Gasteiger partial charge on any atom is 0.119 e. The van der Waals surface area contributed by atoms with E-state index in [1.165, 1.54) is 27.8 Å². The molecular formula is C21H20O. The second kappa shape index (κ2) is 6.48. The van der Waals surface area contributed by atoms with Gasteiger partial charge in [0.05, 0.1) is 0 Å². The van der Waals surface area contributed by atoms with Crippen molar-refractivity contribution in [2.24, 2.45) is 0 Å². The van der Waals surface area contributed by atoms with Crippen molar-refractivity contribution in [3.05, 3.63) is 89.5 Å². The van der Waals surface area contributed by atoms with Gasteiger partial charge in [0.25, 0.3) is 0 Å². The van der Waals surface area contributed by atoms with Gasteiger partial charge in [0.15, 0.2) is 0 Å². The SMILES string of the molecule is Cc1ccc(COc2ccc(-c3ccc(C)cc3)cc2)cc1. The Hall–Kier alpha value is -2.54. The van der Waals surface area contributed by atoms with E-state index in [1.807, 2.05) is 12.1 Å². The van der Waals surface area contributed by atoms with Crippen molar-refractivity contribution in [2.75, 3.05) is 0 Å². The first kappa shape index (κ1) is 14.4. The Kier molecular flexibility index (Phi) is 4.24. The molecule has 0 aliphatic rings. The molecule has 110 valence electrons. The summed E-state index contributed by atoms with van der Waals surface area (Å²) in [5.74, 6) is 0.899. The molecule has 0 bridgehead atoms. The normalized spacial score (nSPS) is 10.5. The van der Waals surface area contributed by atoms with Crippen molar-refractivity contribution < 1.29 is 4.74 Å². The molecule has 0 aliphatic heterocycles. The second-order valence-electron chi connectivity index (χ2n) is 5.66. The number of aryl methyl sites for hydroxylation is 2. The highest BCUT2D eigenvalue weighted by Gasteiger charge is 1.99. The summed E-state index contributed by atoms with van der Waals surface area (Å²) in [6.45, 7) is 4.80. The van der Waals surface area contributed by atoms with E-state index < -0.39 is 0 Å². The zero-order valence-electron chi connectivity index (χ0n) is 13.0. The Morgan fingerprint density at radius 1 is 0.591 bits per heavy atom. The highest BCUT2D eigenvalue weighted by Crippen LogP contribution is 2.23. The van der Waals surface area contributed by atoms with Crippen LogP contribution in [0.15, 0.2) is 72.8 Å². The molecule has 0 atom stereocenters. The number of hydrogen-bond acceptors (Lipinski definition) is 1. The van der Waals surface area contributed by atoms with Crippen molar-refractivity contribution in [2.45, 2.75) is 20.5 Å². The van der Waals surface area contributed by atoms with Gasteiger partial charge in [-0.05, 0) is 42.7 Å². The van der Waals surface area contributed by atoms with Crippen molar-refractivity contribution in [3.63, 3.8) is 0 Å². The molecule has 0 saturated carbocycles. The molecule has 0 spiro atoms. The minimum Gasteiger partial charge on any atom is -0.489 e. The molecule has 1 nitrogen and oxygen atoms in total. The van der Waals surface area contributed by atoms with Crippen LogP contribution in [-0.2, 0) is 6.61 Å². The average Bonchev–Trinajstić information content (AvgIpc) is 2.56. The molecule has 0 aliphatic carbocycles. The van der Waals surface area contributed by atoms with Crippen molar-refractivity contribution in [1.29, 1.82) is 0 Å². The topological polar surface area (TPSA) is 9.23 Å². The van der Waals surface area contributed by atoms with Crippen LogP contribution in [-0.4, -0.2) is 0 Å². The standard InChI is InChI=1S/C21H20O/c1-16-3-7-18(8-4-16)15-22-21-13-11-20(12-14-21)19-9-5-17(2)6-10-19/h3-14H,15H2,1-2H3. The molecule has 0 unspecified atom stereocenters. The van der Waals surface area contributed by atoms with Gasteiger partial charge in [0.1, 0.15) is 12.4 Å². The van der Waals surface area contributed by atoms with Crippen LogP contribution in [0.2, 0.25) is 0 Å². The number of rotatable bonds is 4. The average molecular weight is 288 g/mol. The van der Waals surface area contributed by atoms with E-state index >= 15 is 0 Å². The van der Waals surface area contributed by atoms with E-state index in [2.05, 4.69) is 74.5 Å². The Bertz CT molecular complexity index is 722. The highest BCUT2D eigenvalue weighted by molar-refractivity contribution is 5.64. The fourth-order valence-electron chi connectivity index (χ4n) is 2.34. The van der Waals surface area contributed by atoms with E-state index in [0.717, 1.165) is 5.75 Å². The van der Waals surface area contributed by atoms with Crippen LogP contribution in [0.5, 0.6) is 5.75 Å². The fourth-order valence-corrected chi connectivity index (χ4v) is 2.34. The van der Waals surface area contributed by atoms with Gasteiger partial charge in [-0.25, -0.2) is 0 Å². The summed E-state index contributed by atoms with van der Waals surface area (Å²) in [7, 11) is 0. The Labute approximate surface area is 132 Å². The summed E-state index contributed by atoms with van der Waals surface area (Å²) in [4.78, 5) is 0. The van der Waals surface area contributed by atoms with E-state index in [4.69, 9.17) is 4.74 Å². The van der Waals surface area contributed by atoms with Gasteiger partial charge < -0.3 is 4.74 Å².